The molecule has 1 amide bonds. The molecule has 0 saturated heterocycles. The molecule has 1 aliphatic rings. The maximum atomic E-state index is 12.4. The molecule has 1 aromatic rings. The van der Waals surface area contributed by atoms with Crippen molar-refractivity contribution in [2.45, 2.75) is 37.1 Å². The topological polar surface area (TPSA) is 55.1 Å². The molecular formula is C16H24N2OS. The van der Waals surface area contributed by atoms with E-state index in [9.17, 15) is 4.79 Å². The Hall–Kier alpha value is -1.00. The Bertz CT molecular complexity index is 446. The number of carbonyl (C=O) groups excluding carboxylic acids is 1. The van der Waals surface area contributed by atoms with Crippen LogP contribution in [0.1, 0.15) is 37.8 Å². The summed E-state index contributed by atoms with van der Waals surface area (Å²) >= 11 is 1.73. The van der Waals surface area contributed by atoms with E-state index in [4.69, 9.17) is 5.73 Å². The van der Waals surface area contributed by atoms with E-state index in [1.807, 2.05) is 6.92 Å². The first-order chi connectivity index (χ1) is 9.65. The van der Waals surface area contributed by atoms with Gasteiger partial charge in [-0.3, -0.25) is 4.79 Å². The third-order valence-electron chi connectivity index (χ3n) is 4.27. The lowest BCUT2D eigenvalue weighted by molar-refractivity contribution is -0.126. The molecule has 3 unspecified atom stereocenters. The van der Waals surface area contributed by atoms with Gasteiger partial charge in [-0.25, -0.2) is 0 Å². The minimum Gasteiger partial charge on any atom is -0.349 e. The molecule has 1 saturated carbocycles. The van der Waals surface area contributed by atoms with Gasteiger partial charge in [0.25, 0.3) is 0 Å². The van der Waals surface area contributed by atoms with Crippen LogP contribution in [0.25, 0.3) is 0 Å². The summed E-state index contributed by atoms with van der Waals surface area (Å²) in [4.78, 5) is 13.6. The number of thioether (sulfide) groups is 1. The zero-order valence-corrected chi connectivity index (χ0v) is 13.1. The van der Waals surface area contributed by atoms with Crippen LogP contribution in [0.5, 0.6) is 0 Å². The number of benzene rings is 1. The Morgan fingerprint density at radius 2 is 2.10 bits per heavy atom. The largest absolute Gasteiger partial charge is 0.349 e. The summed E-state index contributed by atoms with van der Waals surface area (Å²) < 4.78 is 0. The van der Waals surface area contributed by atoms with Crippen molar-refractivity contribution in [1.82, 2.24) is 5.32 Å². The predicted octanol–water partition coefficient (Wildman–Crippen LogP) is 2.96. The van der Waals surface area contributed by atoms with Crippen molar-refractivity contribution in [2.24, 2.45) is 17.6 Å². The van der Waals surface area contributed by atoms with Crippen molar-refractivity contribution in [3.8, 4) is 0 Å². The maximum absolute atomic E-state index is 12.4. The molecule has 1 aliphatic carbocycles. The Morgan fingerprint density at radius 3 is 2.70 bits per heavy atom. The van der Waals surface area contributed by atoms with E-state index in [2.05, 4.69) is 35.8 Å². The van der Waals surface area contributed by atoms with Crippen LogP contribution in [0.2, 0.25) is 0 Å². The average Bonchev–Trinajstić information content (AvgIpc) is 2.95. The zero-order chi connectivity index (χ0) is 14.5. The van der Waals surface area contributed by atoms with Crippen molar-refractivity contribution in [1.29, 1.82) is 0 Å². The van der Waals surface area contributed by atoms with Crippen LogP contribution in [0.15, 0.2) is 29.2 Å². The highest BCUT2D eigenvalue weighted by Gasteiger charge is 2.32. The summed E-state index contributed by atoms with van der Waals surface area (Å²) in [5.74, 6) is 0.633. The summed E-state index contributed by atoms with van der Waals surface area (Å²) in [6, 6.07) is 8.43. The van der Waals surface area contributed by atoms with Gasteiger partial charge in [0.05, 0.1) is 6.04 Å². The van der Waals surface area contributed by atoms with Crippen molar-refractivity contribution >= 4 is 17.7 Å². The van der Waals surface area contributed by atoms with Crippen LogP contribution in [0.3, 0.4) is 0 Å². The zero-order valence-electron chi connectivity index (χ0n) is 12.3. The van der Waals surface area contributed by atoms with Crippen LogP contribution in [-0.2, 0) is 4.79 Å². The predicted molar refractivity (Wildman–Crippen MR) is 84.7 cm³/mol. The quantitative estimate of drug-likeness (QED) is 0.820. The molecule has 0 aliphatic heterocycles. The summed E-state index contributed by atoms with van der Waals surface area (Å²) in [5.41, 5.74) is 6.90. The van der Waals surface area contributed by atoms with E-state index < -0.39 is 0 Å². The molecule has 0 bridgehead atoms. The molecule has 1 fully saturated rings. The van der Waals surface area contributed by atoms with Gasteiger partial charge in [-0.15, -0.1) is 11.8 Å². The number of nitrogens with two attached hydrogens (primary N) is 1. The third kappa shape index (κ3) is 3.55. The van der Waals surface area contributed by atoms with Gasteiger partial charge in [-0.2, -0.15) is 0 Å². The Kier molecular flexibility index (Phi) is 5.49. The van der Waals surface area contributed by atoms with Gasteiger partial charge in [0, 0.05) is 10.8 Å². The Morgan fingerprint density at radius 1 is 1.40 bits per heavy atom. The van der Waals surface area contributed by atoms with E-state index in [-0.39, 0.29) is 17.9 Å². The van der Waals surface area contributed by atoms with E-state index in [0.29, 0.717) is 12.5 Å². The first kappa shape index (κ1) is 15.4. The molecule has 0 radical (unpaired) electrons. The lowest BCUT2D eigenvalue weighted by atomic mass is 9.95. The summed E-state index contributed by atoms with van der Waals surface area (Å²) in [5, 5.41) is 3.14. The first-order valence-corrected chi connectivity index (χ1v) is 8.52. The van der Waals surface area contributed by atoms with E-state index >= 15 is 0 Å². The number of hydrogen-bond acceptors (Lipinski definition) is 3. The van der Waals surface area contributed by atoms with Crippen LogP contribution in [0.4, 0.5) is 0 Å². The molecule has 2 rings (SSSR count). The van der Waals surface area contributed by atoms with Crippen molar-refractivity contribution in [3.63, 3.8) is 0 Å². The molecule has 0 spiro atoms. The fourth-order valence-electron chi connectivity index (χ4n) is 2.96. The SMILES string of the molecule is CSc1ccc(C(C)NC(=O)C2CCCC2CN)cc1. The number of hydrogen-bond donors (Lipinski definition) is 2. The lowest BCUT2D eigenvalue weighted by Crippen LogP contribution is -2.36. The average molecular weight is 292 g/mol. The van der Waals surface area contributed by atoms with E-state index in [0.717, 1.165) is 24.8 Å². The van der Waals surface area contributed by atoms with Crippen LogP contribution >= 0.6 is 11.8 Å². The van der Waals surface area contributed by atoms with Gasteiger partial charge in [-0.1, -0.05) is 18.6 Å². The highest BCUT2D eigenvalue weighted by Crippen LogP contribution is 2.31. The van der Waals surface area contributed by atoms with Crippen molar-refractivity contribution in [2.75, 3.05) is 12.8 Å². The summed E-state index contributed by atoms with van der Waals surface area (Å²) in [6.07, 6.45) is 5.25. The fraction of sp³-hybridized carbons (Fsp3) is 0.562. The van der Waals surface area contributed by atoms with Gasteiger partial charge in [0.1, 0.15) is 0 Å². The first-order valence-electron chi connectivity index (χ1n) is 7.30. The molecule has 3 nitrogen and oxygen atoms in total. The monoisotopic (exact) mass is 292 g/mol. The second-order valence-corrected chi connectivity index (χ2v) is 6.42. The summed E-state index contributed by atoms with van der Waals surface area (Å²) in [6.45, 7) is 2.66. The van der Waals surface area contributed by atoms with E-state index in [1.165, 1.54) is 4.90 Å². The molecule has 0 aromatic heterocycles. The Labute approximate surface area is 125 Å². The number of amides is 1. The second-order valence-electron chi connectivity index (χ2n) is 5.54. The number of carbonyl (C=O) groups is 1. The van der Waals surface area contributed by atoms with Gasteiger partial charge in [0.2, 0.25) is 5.91 Å². The summed E-state index contributed by atoms with van der Waals surface area (Å²) in [7, 11) is 0. The number of rotatable bonds is 5. The normalized spacial score (nSPS) is 23.6. The molecule has 4 heteroatoms. The van der Waals surface area contributed by atoms with Crippen molar-refractivity contribution < 1.29 is 4.79 Å². The molecule has 110 valence electrons. The molecule has 1 aromatic carbocycles. The Balaban J connectivity index is 1.96. The van der Waals surface area contributed by atoms with E-state index in [1.54, 1.807) is 11.8 Å². The number of nitrogens with one attached hydrogen (secondary N) is 1. The molecule has 3 N–H and O–H groups in total. The standard InChI is InChI=1S/C16H24N2OS/c1-11(12-6-8-14(20-2)9-7-12)18-16(19)15-5-3-4-13(15)10-17/h6-9,11,13,15H,3-5,10,17H2,1-2H3,(H,18,19). The molecule has 20 heavy (non-hydrogen) atoms. The maximum Gasteiger partial charge on any atom is 0.223 e. The van der Waals surface area contributed by atoms with Crippen LogP contribution < -0.4 is 11.1 Å². The van der Waals surface area contributed by atoms with Crippen molar-refractivity contribution in [3.05, 3.63) is 29.8 Å². The van der Waals surface area contributed by atoms with Crippen LogP contribution in [0, 0.1) is 11.8 Å². The second kappa shape index (κ2) is 7.14. The third-order valence-corrected chi connectivity index (χ3v) is 5.02. The smallest absolute Gasteiger partial charge is 0.223 e. The molecule has 3 atom stereocenters. The van der Waals surface area contributed by atoms with Gasteiger partial charge in [0.15, 0.2) is 0 Å². The minimum atomic E-state index is 0.0532. The highest BCUT2D eigenvalue weighted by molar-refractivity contribution is 7.98. The highest BCUT2D eigenvalue weighted by atomic mass is 32.2. The van der Waals surface area contributed by atoms with Gasteiger partial charge in [-0.05, 0) is 56.2 Å². The minimum absolute atomic E-state index is 0.0532. The lowest BCUT2D eigenvalue weighted by Gasteiger charge is -2.21. The fourth-order valence-corrected chi connectivity index (χ4v) is 3.37. The molecular weight excluding hydrogens is 268 g/mol. The van der Waals surface area contributed by atoms with Gasteiger partial charge < -0.3 is 11.1 Å². The molecule has 0 heterocycles. The van der Waals surface area contributed by atoms with Gasteiger partial charge >= 0.3 is 0 Å². The van der Waals surface area contributed by atoms with Crippen LogP contribution in [-0.4, -0.2) is 18.7 Å².